The predicted molar refractivity (Wildman–Crippen MR) is 78.9 cm³/mol. The molecule has 0 aliphatic rings. The minimum absolute atomic E-state index is 0.130. The quantitative estimate of drug-likeness (QED) is 0.602. The molecule has 1 aromatic rings. The first-order valence-corrected chi connectivity index (χ1v) is 6.95. The molecule has 5 heteroatoms. The zero-order valence-electron chi connectivity index (χ0n) is 10.2. The molecule has 1 rings (SSSR count). The van der Waals surface area contributed by atoms with E-state index in [-0.39, 0.29) is 11.5 Å². The van der Waals surface area contributed by atoms with Crippen molar-refractivity contribution in [3.05, 3.63) is 27.3 Å². The number of hydrogen-bond donors (Lipinski definition) is 2. The summed E-state index contributed by atoms with van der Waals surface area (Å²) in [6, 6.07) is 4.95. The Balaban J connectivity index is 2.72. The molecule has 0 saturated carbocycles. The smallest absolute Gasteiger partial charge is 0.337 e. The van der Waals surface area contributed by atoms with Gasteiger partial charge in [-0.1, -0.05) is 19.8 Å². The van der Waals surface area contributed by atoms with E-state index in [0.717, 1.165) is 22.8 Å². The van der Waals surface area contributed by atoms with Crippen molar-refractivity contribution < 1.29 is 14.7 Å². The summed E-state index contributed by atoms with van der Waals surface area (Å²) >= 11 is 2.04. The third-order valence-corrected chi connectivity index (χ3v) is 3.16. The molecule has 0 aromatic heterocycles. The fourth-order valence-electron chi connectivity index (χ4n) is 1.55. The van der Waals surface area contributed by atoms with Gasteiger partial charge in [-0.2, -0.15) is 0 Å². The Morgan fingerprint density at radius 1 is 1.33 bits per heavy atom. The number of unbranched alkanes of at least 4 members (excludes halogenated alkanes) is 2. The van der Waals surface area contributed by atoms with Crippen LogP contribution < -0.4 is 5.32 Å². The van der Waals surface area contributed by atoms with Crippen LogP contribution in [0, 0.1) is 3.57 Å². The van der Waals surface area contributed by atoms with Crippen molar-refractivity contribution in [3.63, 3.8) is 0 Å². The van der Waals surface area contributed by atoms with Crippen molar-refractivity contribution in [2.45, 2.75) is 32.6 Å². The average Bonchev–Trinajstić information content (AvgIpc) is 2.31. The van der Waals surface area contributed by atoms with Gasteiger partial charge in [0.15, 0.2) is 0 Å². The number of nitrogens with one attached hydrogen (secondary N) is 1. The topological polar surface area (TPSA) is 66.4 Å². The second-order valence-electron chi connectivity index (χ2n) is 4.00. The molecule has 1 amide bonds. The molecule has 0 spiro atoms. The number of aromatic carboxylic acids is 1. The zero-order chi connectivity index (χ0) is 13.5. The minimum atomic E-state index is -1.03. The van der Waals surface area contributed by atoms with Gasteiger partial charge >= 0.3 is 5.97 Å². The van der Waals surface area contributed by atoms with Gasteiger partial charge in [-0.25, -0.2) is 4.79 Å². The standard InChI is InChI=1S/C13H16INO3/c1-2-3-4-5-12(16)15-11-7-6-9(14)8-10(11)13(17)18/h6-8H,2-5H2,1H3,(H,15,16)(H,17,18). The third-order valence-electron chi connectivity index (χ3n) is 2.49. The fraction of sp³-hybridized carbons (Fsp3) is 0.385. The fourth-order valence-corrected chi connectivity index (χ4v) is 2.04. The summed E-state index contributed by atoms with van der Waals surface area (Å²) in [5.74, 6) is -1.16. The maximum absolute atomic E-state index is 11.6. The van der Waals surface area contributed by atoms with Crippen LogP contribution in [0.4, 0.5) is 5.69 Å². The molecule has 98 valence electrons. The third kappa shape index (κ3) is 4.64. The molecule has 0 unspecified atom stereocenters. The summed E-state index contributed by atoms with van der Waals surface area (Å²) in [7, 11) is 0. The Labute approximate surface area is 120 Å². The van der Waals surface area contributed by atoms with Gasteiger partial charge in [-0.3, -0.25) is 4.79 Å². The molecular weight excluding hydrogens is 345 g/mol. The van der Waals surface area contributed by atoms with E-state index in [1.54, 1.807) is 18.2 Å². The summed E-state index contributed by atoms with van der Waals surface area (Å²) in [6.45, 7) is 2.07. The van der Waals surface area contributed by atoms with Crippen LogP contribution >= 0.6 is 22.6 Å². The van der Waals surface area contributed by atoms with Crippen LogP contribution in [0.2, 0.25) is 0 Å². The van der Waals surface area contributed by atoms with Gasteiger partial charge in [0.25, 0.3) is 0 Å². The summed E-state index contributed by atoms with van der Waals surface area (Å²) in [5, 5.41) is 11.7. The Morgan fingerprint density at radius 3 is 2.67 bits per heavy atom. The summed E-state index contributed by atoms with van der Waals surface area (Å²) in [4.78, 5) is 22.7. The van der Waals surface area contributed by atoms with Gasteiger partial charge < -0.3 is 10.4 Å². The number of carboxylic acid groups (broad SMARTS) is 1. The monoisotopic (exact) mass is 361 g/mol. The lowest BCUT2D eigenvalue weighted by atomic mass is 10.1. The van der Waals surface area contributed by atoms with E-state index in [9.17, 15) is 9.59 Å². The maximum atomic E-state index is 11.6. The second kappa shape index (κ2) is 7.35. The van der Waals surface area contributed by atoms with E-state index < -0.39 is 5.97 Å². The van der Waals surface area contributed by atoms with Crippen molar-refractivity contribution in [2.24, 2.45) is 0 Å². The second-order valence-corrected chi connectivity index (χ2v) is 5.25. The van der Waals surface area contributed by atoms with Gasteiger partial charge in [0.05, 0.1) is 11.3 Å². The molecule has 0 fully saturated rings. The molecule has 0 heterocycles. The lowest BCUT2D eigenvalue weighted by molar-refractivity contribution is -0.116. The first-order valence-electron chi connectivity index (χ1n) is 5.87. The van der Waals surface area contributed by atoms with Crippen LogP contribution in [0.15, 0.2) is 18.2 Å². The first-order chi connectivity index (χ1) is 8.54. The minimum Gasteiger partial charge on any atom is -0.478 e. The highest BCUT2D eigenvalue weighted by atomic mass is 127. The molecule has 0 radical (unpaired) electrons. The van der Waals surface area contributed by atoms with Gasteiger partial charge in [-0.05, 0) is 47.2 Å². The molecule has 4 nitrogen and oxygen atoms in total. The highest BCUT2D eigenvalue weighted by Gasteiger charge is 2.12. The predicted octanol–water partition coefficient (Wildman–Crippen LogP) is 3.51. The van der Waals surface area contributed by atoms with Gasteiger partial charge in [0.1, 0.15) is 0 Å². The van der Waals surface area contributed by atoms with Crippen LogP contribution in [0.25, 0.3) is 0 Å². The highest BCUT2D eigenvalue weighted by molar-refractivity contribution is 14.1. The Morgan fingerprint density at radius 2 is 2.06 bits per heavy atom. The van der Waals surface area contributed by atoms with Crippen LogP contribution in [0.3, 0.4) is 0 Å². The molecule has 0 bridgehead atoms. The summed E-state index contributed by atoms with van der Waals surface area (Å²) < 4.78 is 0.828. The number of benzene rings is 1. The average molecular weight is 361 g/mol. The lowest BCUT2D eigenvalue weighted by Gasteiger charge is -2.08. The van der Waals surface area contributed by atoms with E-state index >= 15 is 0 Å². The number of carbonyl (C=O) groups excluding carboxylic acids is 1. The molecule has 1 aromatic carbocycles. The highest BCUT2D eigenvalue weighted by Crippen LogP contribution is 2.19. The Hall–Kier alpha value is -1.11. The maximum Gasteiger partial charge on any atom is 0.337 e. The van der Waals surface area contributed by atoms with Crippen molar-refractivity contribution in [2.75, 3.05) is 5.32 Å². The van der Waals surface area contributed by atoms with E-state index in [0.29, 0.717) is 12.1 Å². The molecule has 2 N–H and O–H groups in total. The van der Waals surface area contributed by atoms with Crippen LogP contribution in [0.1, 0.15) is 43.0 Å². The van der Waals surface area contributed by atoms with E-state index in [1.165, 1.54) is 0 Å². The van der Waals surface area contributed by atoms with Crippen molar-refractivity contribution >= 4 is 40.2 Å². The number of halogens is 1. The summed E-state index contributed by atoms with van der Waals surface area (Å²) in [5.41, 5.74) is 0.496. The number of rotatable bonds is 6. The van der Waals surface area contributed by atoms with Gasteiger partial charge in [-0.15, -0.1) is 0 Å². The van der Waals surface area contributed by atoms with E-state index in [4.69, 9.17) is 5.11 Å². The Bertz CT molecular complexity index is 446. The number of carboxylic acids is 1. The van der Waals surface area contributed by atoms with Crippen LogP contribution in [0.5, 0.6) is 0 Å². The number of amides is 1. The zero-order valence-corrected chi connectivity index (χ0v) is 12.4. The van der Waals surface area contributed by atoms with Gasteiger partial charge in [0.2, 0.25) is 5.91 Å². The van der Waals surface area contributed by atoms with Gasteiger partial charge in [0, 0.05) is 9.99 Å². The van der Waals surface area contributed by atoms with Crippen molar-refractivity contribution in [1.29, 1.82) is 0 Å². The van der Waals surface area contributed by atoms with Crippen LogP contribution in [-0.4, -0.2) is 17.0 Å². The molecule has 0 saturated heterocycles. The SMILES string of the molecule is CCCCCC(=O)Nc1ccc(I)cc1C(=O)O. The molecule has 18 heavy (non-hydrogen) atoms. The van der Waals surface area contributed by atoms with E-state index in [2.05, 4.69) is 12.2 Å². The number of carbonyl (C=O) groups is 2. The Kier molecular flexibility index (Phi) is 6.11. The first kappa shape index (κ1) is 14.9. The lowest BCUT2D eigenvalue weighted by Crippen LogP contribution is -2.14. The van der Waals surface area contributed by atoms with Crippen molar-refractivity contribution in [1.82, 2.24) is 0 Å². The van der Waals surface area contributed by atoms with Crippen molar-refractivity contribution in [3.8, 4) is 0 Å². The normalized spacial score (nSPS) is 10.1. The largest absolute Gasteiger partial charge is 0.478 e. The van der Waals surface area contributed by atoms with E-state index in [1.807, 2.05) is 22.6 Å². The number of anilines is 1. The summed E-state index contributed by atoms with van der Waals surface area (Å²) in [6.07, 6.45) is 3.32. The molecule has 0 aliphatic carbocycles. The molecule has 0 atom stereocenters. The molecular formula is C13H16INO3. The number of hydrogen-bond acceptors (Lipinski definition) is 2. The molecule has 0 aliphatic heterocycles. The van der Waals surface area contributed by atoms with Crippen LogP contribution in [-0.2, 0) is 4.79 Å².